The van der Waals surface area contributed by atoms with Gasteiger partial charge in [0.2, 0.25) is 5.82 Å². The maximum absolute atomic E-state index is 11.2. The van der Waals surface area contributed by atoms with E-state index in [0.717, 1.165) is 11.0 Å². The number of nitrogens with two attached hydrogens (primary N) is 1. The molecule has 0 saturated heterocycles. The van der Waals surface area contributed by atoms with Gasteiger partial charge in [-0.3, -0.25) is 29.5 Å². The number of aromatic amines is 1. The molecule has 0 unspecified atom stereocenters. The summed E-state index contributed by atoms with van der Waals surface area (Å²) in [5.41, 5.74) is -0.291. The van der Waals surface area contributed by atoms with Crippen LogP contribution < -0.4 is 22.4 Å². The standard InChI is InChI=1S/C8H8N8O4S/c1-15-8(12-5(17)6(18)14-15)21-7-3(16(19)20)4(13-9)10-2-11-7/h2H,9H2,1H3,(H,14,18)(H,10,11,13). The van der Waals surface area contributed by atoms with Crippen molar-refractivity contribution in [1.29, 1.82) is 0 Å². The van der Waals surface area contributed by atoms with E-state index in [2.05, 4.69) is 25.5 Å². The number of nitrogens with zero attached hydrogens (tertiary/aromatic N) is 5. The quantitative estimate of drug-likeness (QED) is 0.200. The monoisotopic (exact) mass is 312 g/mol. The van der Waals surface area contributed by atoms with Gasteiger partial charge in [-0.1, -0.05) is 0 Å². The molecule has 0 saturated carbocycles. The normalized spacial score (nSPS) is 10.4. The Morgan fingerprint density at radius 2 is 2.19 bits per heavy atom. The molecule has 0 aliphatic heterocycles. The molecule has 110 valence electrons. The molecule has 2 aromatic rings. The van der Waals surface area contributed by atoms with Crippen LogP contribution in [0.2, 0.25) is 0 Å². The molecule has 0 aliphatic carbocycles. The minimum atomic E-state index is -1.01. The second kappa shape index (κ2) is 5.68. The zero-order valence-electron chi connectivity index (χ0n) is 10.4. The maximum Gasteiger partial charge on any atom is 0.345 e. The Morgan fingerprint density at radius 3 is 2.81 bits per heavy atom. The molecule has 13 heteroatoms. The molecule has 0 aromatic carbocycles. The van der Waals surface area contributed by atoms with Gasteiger partial charge in [-0.15, -0.1) is 0 Å². The second-order valence-corrected chi connectivity index (χ2v) is 4.53. The van der Waals surface area contributed by atoms with Crippen molar-refractivity contribution in [2.75, 3.05) is 5.43 Å². The summed E-state index contributed by atoms with van der Waals surface area (Å²) in [4.78, 5) is 43.6. The van der Waals surface area contributed by atoms with Crippen molar-refractivity contribution in [3.63, 3.8) is 0 Å². The van der Waals surface area contributed by atoms with Crippen molar-refractivity contribution in [2.45, 2.75) is 10.2 Å². The van der Waals surface area contributed by atoms with Gasteiger partial charge < -0.3 is 5.43 Å². The first-order valence-corrected chi connectivity index (χ1v) is 6.07. The highest BCUT2D eigenvalue weighted by Gasteiger charge is 2.24. The van der Waals surface area contributed by atoms with E-state index >= 15 is 0 Å². The summed E-state index contributed by atoms with van der Waals surface area (Å²) < 4.78 is 1.15. The van der Waals surface area contributed by atoms with Crippen LogP contribution in [0.1, 0.15) is 0 Å². The topological polar surface area (TPSA) is 175 Å². The summed E-state index contributed by atoms with van der Waals surface area (Å²) >= 11 is 0.715. The molecule has 21 heavy (non-hydrogen) atoms. The molecular formula is C8H8N8O4S. The minimum absolute atomic E-state index is 0.0179. The van der Waals surface area contributed by atoms with E-state index in [1.54, 1.807) is 0 Å². The second-order valence-electron chi connectivity index (χ2n) is 3.58. The summed E-state index contributed by atoms with van der Waals surface area (Å²) in [6.45, 7) is 0. The Labute approximate surface area is 119 Å². The van der Waals surface area contributed by atoms with E-state index in [0.29, 0.717) is 11.8 Å². The third-order valence-corrected chi connectivity index (χ3v) is 3.28. The van der Waals surface area contributed by atoms with E-state index in [9.17, 15) is 19.7 Å². The first-order valence-electron chi connectivity index (χ1n) is 5.25. The number of anilines is 1. The fourth-order valence-electron chi connectivity index (χ4n) is 1.35. The summed E-state index contributed by atoms with van der Waals surface area (Å²) in [5.74, 6) is 4.96. The number of rotatable bonds is 4. The lowest BCUT2D eigenvalue weighted by Gasteiger charge is -2.07. The Morgan fingerprint density at radius 1 is 1.48 bits per heavy atom. The predicted octanol–water partition coefficient (Wildman–Crippen LogP) is -1.40. The zero-order chi connectivity index (χ0) is 15.6. The number of nitrogen functional groups attached to an aromatic ring is 1. The average Bonchev–Trinajstić information content (AvgIpc) is 2.44. The molecule has 0 aliphatic rings. The molecule has 0 amide bonds. The van der Waals surface area contributed by atoms with Gasteiger partial charge in [0.05, 0.1) is 4.92 Å². The third kappa shape index (κ3) is 2.87. The van der Waals surface area contributed by atoms with Gasteiger partial charge in [-0.25, -0.2) is 15.8 Å². The van der Waals surface area contributed by atoms with Crippen molar-refractivity contribution in [3.05, 3.63) is 37.1 Å². The first kappa shape index (κ1) is 14.6. The molecule has 2 heterocycles. The fourth-order valence-corrected chi connectivity index (χ4v) is 2.20. The van der Waals surface area contributed by atoms with E-state index in [-0.39, 0.29) is 16.0 Å². The van der Waals surface area contributed by atoms with Gasteiger partial charge in [-0.2, -0.15) is 4.98 Å². The Balaban J connectivity index is 2.55. The summed E-state index contributed by atoms with van der Waals surface area (Å²) in [5, 5.41) is 13.2. The van der Waals surface area contributed by atoms with Crippen molar-refractivity contribution in [3.8, 4) is 0 Å². The Bertz CT molecular complexity index is 815. The maximum atomic E-state index is 11.2. The molecule has 0 fully saturated rings. The van der Waals surface area contributed by atoms with Crippen molar-refractivity contribution >= 4 is 23.3 Å². The van der Waals surface area contributed by atoms with Gasteiger partial charge >= 0.3 is 16.8 Å². The smallest absolute Gasteiger partial charge is 0.303 e. The third-order valence-electron chi connectivity index (χ3n) is 2.24. The van der Waals surface area contributed by atoms with Crippen molar-refractivity contribution in [2.24, 2.45) is 12.9 Å². The summed E-state index contributed by atoms with van der Waals surface area (Å²) in [7, 11) is 1.42. The SMILES string of the molecule is Cn1[nH]c(=O)c(=O)nc1Sc1ncnc(NN)c1[N+](=O)[O-]. The van der Waals surface area contributed by atoms with Crippen LogP contribution in [0.25, 0.3) is 0 Å². The number of hydrogen-bond acceptors (Lipinski definition) is 10. The van der Waals surface area contributed by atoms with E-state index < -0.39 is 21.7 Å². The van der Waals surface area contributed by atoms with Gasteiger partial charge in [-0.05, 0) is 11.8 Å². The highest BCUT2D eigenvalue weighted by atomic mass is 32.2. The van der Waals surface area contributed by atoms with E-state index in [1.807, 2.05) is 0 Å². The highest BCUT2D eigenvalue weighted by Crippen LogP contribution is 2.34. The van der Waals surface area contributed by atoms with Crippen LogP contribution in [0.4, 0.5) is 11.5 Å². The molecular weight excluding hydrogens is 304 g/mol. The van der Waals surface area contributed by atoms with Crippen LogP contribution in [0, 0.1) is 10.1 Å². The minimum Gasteiger partial charge on any atom is -0.303 e. The van der Waals surface area contributed by atoms with Gasteiger partial charge in [0.25, 0.3) is 0 Å². The molecule has 0 atom stereocenters. The molecule has 0 spiro atoms. The average molecular weight is 312 g/mol. The number of hydrogen-bond donors (Lipinski definition) is 3. The number of hydrazine groups is 1. The Kier molecular flexibility index (Phi) is 3.95. The first-order chi connectivity index (χ1) is 9.93. The summed E-state index contributed by atoms with van der Waals surface area (Å²) in [6, 6.07) is 0. The molecule has 2 rings (SSSR count). The molecule has 2 aromatic heterocycles. The highest BCUT2D eigenvalue weighted by molar-refractivity contribution is 7.99. The lowest BCUT2D eigenvalue weighted by atomic mass is 10.5. The number of nitrogens with one attached hydrogen (secondary N) is 2. The van der Waals surface area contributed by atoms with Crippen LogP contribution in [-0.2, 0) is 7.05 Å². The lowest BCUT2D eigenvalue weighted by Crippen LogP contribution is -2.33. The molecule has 12 nitrogen and oxygen atoms in total. The lowest BCUT2D eigenvalue weighted by molar-refractivity contribution is -0.387. The van der Waals surface area contributed by atoms with E-state index in [1.165, 1.54) is 7.05 Å². The van der Waals surface area contributed by atoms with E-state index in [4.69, 9.17) is 5.84 Å². The van der Waals surface area contributed by atoms with Gasteiger partial charge in [0.15, 0.2) is 10.2 Å². The van der Waals surface area contributed by atoms with Gasteiger partial charge in [0, 0.05) is 7.05 Å². The van der Waals surface area contributed by atoms with Crippen LogP contribution >= 0.6 is 11.8 Å². The fraction of sp³-hybridized carbons (Fsp3) is 0.125. The van der Waals surface area contributed by atoms with Crippen LogP contribution in [0.5, 0.6) is 0 Å². The molecule has 0 radical (unpaired) electrons. The van der Waals surface area contributed by atoms with Crippen LogP contribution in [0.15, 0.2) is 26.1 Å². The van der Waals surface area contributed by atoms with Crippen LogP contribution in [-0.4, -0.2) is 29.7 Å². The van der Waals surface area contributed by atoms with Crippen molar-refractivity contribution < 1.29 is 4.92 Å². The molecule has 4 N–H and O–H groups in total. The predicted molar refractivity (Wildman–Crippen MR) is 70.7 cm³/mol. The zero-order valence-corrected chi connectivity index (χ0v) is 11.2. The van der Waals surface area contributed by atoms with Crippen LogP contribution in [0.3, 0.4) is 0 Å². The largest absolute Gasteiger partial charge is 0.345 e. The summed E-state index contributed by atoms with van der Waals surface area (Å²) in [6.07, 6.45) is 1.06. The number of H-pyrrole nitrogens is 1. The Hall–Kier alpha value is -2.80. The number of nitro groups is 1. The molecule has 0 bridgehead atoms. The van der Waals surface area contributed by atoms with Crippen molar-refractivity contribution in [1.82, 2.24) is 24.7 Å². The number of aromatic nitrogens is 5. The van der Waals surface area contributed by atoms with Gasteiger partial charge in [0.1, 0.15) is 6.33 Å². The number of aryl methyl sites for hydroxylation is 1.